The van der Waals surface area contributed by atoms with E-state index in [0.29, 0.717) is 0 Å². The zero-order chi connectivity index (χ0) is 14.5. The van der Waals surface area contributed by atoms with Crippen molar-refractivity contribution in [3.63, 3.8) is 0 Å². The van der Waals surface area contributed by atoms with Crippen molar-refractivity contribution in [3.8, 4) is 0 Å². The van der Waals surface area contributed by atoms with Crippen LogP contribution in [0.2, 0.25) is 5.02 Å². The predicted octanol–water partition coefficient (Wildman–Crippen LogP) is 4.89. The maximum absolute atomic E-state index is 6.16. The molecular weight excluding hydrogens is 336 g/mol. The predicted molar refractivity (Wildman–Crippen MR) is 88.3 cm³/mol. The molecule has 0 amide bonds. The van der Waals surface area contributed by atoms with Crippen molar-refractivity contribution < 1.29 is 0 Å². The number of nitrogens with one attached hydrogen (secondary N) is 1. The highest BCUT2D eigenvalue weighted by atomic mass is 79.9. The molecule has 1 aromatic heterocycles. The molecule has 0 fully saturated rings. The summed E-state index contributed by atoms with van der Waals surface area (Å²) in [6.07, 6.45) is 4.83. The van der Waals surface area contributed by atoms with Crippen LogP contribution in [-0.2, 0) is 0 Å². The number of nitrogens with zero attached hydrogens (tertiary/aromatic N) is 1. The highest BCUT2D eigenvalue weighted by molar-refractivity contribution is 9.10. The summed E-state index contributed by atoms with van der Waals surface area (Å²) in [5.74, 6) is 0. The van der Waals surface area contributed by atoms with Crippen molar-refractivity contribution >= 4 is 27.5 Å². The first-order valence-electron chi connectivity index (χ1n) is 6.72. The first-order chi connectivity index (χ1) is 9.63. The number of halogens is 2. The third kappa shape index (κ3) is 3.60. The van der Waals surface area contributed by atoms with E-state index in [1.54, 1.807) is 0 Å². The van der Waals surface area contributed by atoms with E-state index in [-0.39, 0.29) is 6.04 Å². The summed E-state index contributed by atoms with van der Waals surface area (Å²) in [5.41, 5.74) is 3.55. The van der Waals surface area contributed by atoms with Gasteiger partial charge in [0.05, 0.1) is 6.04 Å². The molecule has 1 heterocycles. The second-order valence-corrected chi connectivity index (χ2v) is 6.08. The Morgan fingerprint density at radius 1 is 1.30 bits per heavy atom. The summed E-state index contributed by atoms with van der Waals surface area (Å²) in [6.45, 7) is 5.21. The number of pyridine rings is 1. The van der Waals surface area contributed by atoms with Crippen LogP contribution in [0.3, 0.4) is 0 Å². The number of rotatable bonds is 5. The Kier molecular flexibility index (Phi) is 5.58. The zero-order valence-corrected chi connectivity index (χ0v) is 14.0. The lowest BCUT2D eigenvalue weighted by atomic mass is 9.96. The summed E-state index contributed by atoms with van der Waals surface area (Å²) >= 11 is 9.78. The van der Waals surface area contributed by atoms with Gasteiger partial charge in [0.2, 0.25) is 0 Å². The van der Waals surface area contributed by atoms with Gasteiger partial charge in [0, 0.05) is 21.9 Å². The highest BCUT2D eigenvalue weighted by Crippen LogP contribution is 2.32. The summed E-state index contributed by atoms with van der Waals surface area (Å²) in [6, 6.07) is 8.02. The smallest absolute Gasteiger partial charge is 0.0606 e. The van der Waals surface area contributed by atoms with Crippen LogP contribution in [0, 0.1) is 6.92 Å². The largest absolute Gasteiger partial charge is 0.306 e. The molecule has 1 N–H and O–H groups in total. The van der Waals surface area contributed by atoms with E-state index in [1.807, 2.05) is 36.7 Å². The van der Waals surface area contributed by atoms with E-state index < -0.39 is 0 Å². The number of hydrogen-bond donors (Lipinski definition) is 1. The minimum absolute atomic E-state index is 0.0942. The van der Waals surface area contributed by atoms with Crippen molar-refractivity contribution in [2.75, 3.05) is 6.54 Å². The Balaban J connectivity index is 2.47. The molecule has 1 unspecified atom stereocenters. The lowest BCUT2D eigenvalue weighted by molar-refractivity contribution is 0.593. The van der Waals surface area contributed by atoms with Crippen LogP contribution in [0.25, 0.3) is 0 Å². The molecule has 0 spiro atoms. The fraction of sp³-hybridized carbons (Fsp3) is 0.312. The lowest BCUT2D eigenvalue weighted by Crippen LogP contribution is -2.24. The van der Waals surface area contributed by atoms with Gasteiger partial charge in [-0.05, 0) is 60.8 Å². The van der Waals surface area contributed by atoms with Gasteiger partial charge < -0.3 is 5.32 Å². The fourth-order valence-corrected chi connectivity index (χ4v) is 2.85. The molecule has 0 saturated carbocycles. The first kappa shape index (κ1) is 15.5. The Hall–Kier alpha value is -0.900. The van der Waals surface area contributed by atoms with Gasteiger partial charge in [0.1, 0.15) is 0 Å². The van der Waals surface area contributed by atoms with Crippen LogP contribution in [0.5, 0.6) is 0 Å². The van der Waals surface area contributed by atoms with Gasteiger partial charge in [0.15, 0.2) is 0 Å². The maximum atomic E-state index is 6.16. The molecule has 2 aromatic rings. The Morgan fingerprint density at radius 3 is 2.80 bits per heavy atom. The van der Waals surface area contributed by atoms with Crippen molar-refractivity contribution in [1.82, 2.24) is 10.3 Å². The fourth-order valence-electron chi connectivity index (χ4n) is 2.19. The maximum Gasteiger partial charge on any atom is 0.0606 e. The standard InChI is InChI=1S/C16H18BrClN2/c1-3-7-20-16(14-10-19-8-6-11(14)2)13-9-12(18)4-5-15(13)17/h4-6,8-10,16,20H,3,7H2,1-2H3. The molecule has 2 rings (SSSR count). The van der Waals surface area contributed by atoms with Gasteiger partial charge in [-0.15, -0.1) is 0 Å². The molecule has 106 valence electrons. The van der Waals surface area contributed by atoms with Gasteiger partial charge in [-0.1, -0.05) is 34.5 Å². The number of aromatic nitrogens is 1. The Labute approximate surface area is 133 Å². The molecule has 0 aliphatic rings. The van der Waals surface area contributed by atoms with E-state index in [4.69, 9.17) is 11.6 Å². The molecule has 1 aromatic carbocycles. The second-order valence-electron chi connectivity index (χ2n) is 4.79. The molecule has 0 aliphatic carbocycles. The third-order valence-electron chi connectivity index (χ3n) is 3.26. The molecule has 0 saturated heterocycles. The van der Waals surface area contributed by atoms with Crippen LogP contribution in [0.15, 0.2) is 41.1 Å². The topological polar surface area (TPSA) is 24.9 Å². The number of hydrogen-bond acceptors (Lipinski definition) is 2. The van der Waals surface area contributed by atoms with Crippen LogP contribution in [-0.4, -0.2) is 11.5 Å². The summed E-state index contributed by atoms with van der Waals surface area (Å²) in [4.78, 5) is 4.26. The van der Waals surface area contributed by atoms with E-state index in [2.05, 4.69) is 40.1 Å². The normalized spacial score (nSPS) is 12.4. The van der Waals surface area contributed by atoms with E-state index in [1.165, 1.54) is 11.1 Å². The molecule has 1 atom stereocenters. The van der Waals surface area contributed by atoms with Gasteiger partial charge in [-0.25, -0.2) is 0 Å². The minimum atomic E-state index is 0.0942. The van der Waals surface area contributed by atoms with Crippen LogP contribution in [0.1, 0.15) is 36.1 Å². The van der Waals surface area contributed by atoms with Crippen molar-refractivity contribution in [2.45, 2.75) is 26.3 Å². The SMILES string of the molecule is CCCNC(c1cnccc1C)c1cc(Cl)ccc1Br. The first-order valence-corrected chi connectivity index (χ1v) is 7.89. The second kappa shape index (κ2) is 7.21. The summed E-state index contributed by atoms with van der Waals surface area (Å²) in [7, 11) is 0. The van der Waals surface area contributed by atoms with E-state index in [0.717, 1.165) is 28.0 Å². The van der Waals surface area contributed by atoms with E-state index in [9.17, 15) is 0 Å². The van der Waals surface area contributed by atoms with Crippen molar-refractivity contribution in [3.05, 3.63) is 62.8 Å². The summed E-state index contributed by atoms with van der Waals surface area (Å²) < 4.78 is 1.05. The Bertz CT molecular complexity index is 586. The van der Waals surface area contributed by atoms with E-state index >= 15 is 0 Å². The van der Waals surface area contributed by atoms with Crippen LogP contribution in [0.4, 0.5) is 0 Å². The molecule has 2 nitrogen and oxygen atoms in total. The molecular formula is C16H18BrClN2. The van der Waals surface area contributed by atoms with Crippen LogP contribution >= 0.6 is 27.5 Å². The average molecular weight is 354 g/mol. The molecule has 4 heteroatoms. The Morgan fingerprint density at radius 2 is 2.10 bits per heavy atom. The highest BCUT2D eigenvalue weighted by Gasteiger charge is 2.18. The van der Waals surface area contributed by atoms with Crippen molar-refractivity contribution in [2.24, 2.45) is 0 Å². The number of benzene rings is 1. The summed E-state index contributed by atoms with van der Waals surface area (Å²) in [5, 5.41) is 4.33. The van der Waals surface area contributed by atoms with Gasteiger partial charge >= 0.3 is 0 Å². The lowest BCUT2D eigenvalue weighted by Gasteiger charge is -2.22. The van der Waals surface area contributed by atoms with Gasteiger partial charge in [-0.2, -0.15) is 0 Å². The molecule has 0 aliphatic heterocycles. The molecule has 0 radical (unpaired) electrons. The average Bonchev–Trinajstić information content (AvgIpc) is 2.44. The quantitative estimate of drug-likeness (QED) is 0.827. The van der Waals surface area contributed by atoms with Crippen LogP contribution < -0.4 is 5.32 Å². The minimum Gasteiger partial charge on any atom is -0.306 e. The van der Waals surface area contributed by atoms with Gasteiger partial charge in [0.25, 0.3) is 0 Å². The monoisotopic (exact) mass is 352 g/mol. The van der Waals surface area contributed by atoms with Gasteiger partial charge in [-0.3, -0.25) is 4.98 Å². The molecule has 0 bridgehead atoms. The van der Waals surface area contributed by atoms with Crippen molar-refractivity contribution in [1.29, 1.82) is 0 Å². The third-order valence-corrected chi connectivity index (χ3v) is 4.22. The molecule has 20 heavy (non-hydrogen) atoms. The zero-order valence-electron chi connectivity index (χ0n) is 11.7. The number of aryl methyl sites for hydroxylation is 1.